The number of rotatable bonds is 1. The van der Waals surface area contributed by atoms with Crippen LogP contribution in [0.5, 0.6) is 0 Å². The topological polar surface area (TPSA) is 46.1 Å². The molecule has 0 bridgehead atoms. The number of aromatic nitrogens is 2. The van der Waals surface area contributed by atoms with E-state index in [9.17, 15) is 4.79 Å². The largest absolute Gasteiger partial charge is 0.341 e. The molecule has 1 aliphatic carbocycles. The average Bonchev–Trinajstić information content (AvgIpc) is 3.02. The van der Waals surface area contributed by atoms with Crippen LogP contribution in [0.1, 0.15) is 32.3 Å². The molecule has 1 saturated carbocycles. The Morgan fingerprint density at radius 3 is 2.76 bits per heavy atom. The minimum atomic E-state index is -0.293. The molecule has 0 saturated heterocycles. The number of hydrogen-bond donors (Lipinski definition) is 0. The molecule has 1 aliphatic heterocycles. The van der Waals surface area contributed by atoms with Gasteiger partial charge in [-0.2, -0.15) is 0 Å². The molecule has 4 nitrogen and oxygen atoms in total. The van der Waals surface area contributed by atoms with Gasteiger partial charge in [0.05, 0.1) is 0 Å². The lowest BCUT2D eigenvalue weighted by Crippen LogP contribution is -2.52. The Kier molecular flexibility index (Phi) is 2.20. The zero-order valence-corrected chi connectivity index (χ0v) is 10.7. The van der Waals surface area contributed by atoms with Gasteiger partial charge < -0.3 is 4.90 Å². The van der Waals surface area contributed by atoms with Crippen molar-refractivity contribution in [3.63, 3.8) is 0 Å². The van der Waals surface area contributed by atoms with Crippen molar-refractivity contribution >= 4 is 23.2 Å². The molecule has 2 heterocycles. The number of carbonyl (C=O) groups excluding carboxylic acids is 1. The SMILES string of the molecule is CC(C)N1c2nc(Cl)ncc2CC(=O)C12CC2. The van der Waals surface area contributed by atoms with E-state index < -0.39 is 0 Å². The maximum atomic E-state index is 12.2. The van der Waals surface area contributed by atoms with Crippen LogP contribution in [0, 0.1) is 0 Å². The van der Waals surface area contributed by atoms with Crippen molar-refractivity contribution in [1.82, 2.24) is 9.97 Å². The zero-order valence-electron chi connectivity index (χ0n) is 9.90. The molecule has 1 fully saturated rings. The Hall–Kier alpha value is -1.16. The first-order valence-corrected chi connectivity index (χ1v) is 6.26. The van der Waals surface area contributed by atoms with Gasteiger partial charge in [-0.05, 0) is 38.3 Å². The molecule has 17 heavy (non-hydrogen) atoms. The fourth-order valence-corrected chi connectivity index (χ4v) is 2.89. The van der Waals surface area contributed by atoms with Gasteiger partial charge in [0, 0.05) is 24.2 Å². The Labute approximate surface area is 105 Å². The fourth-order valence-electron chi connectivity index (χ4n) is 2.76. The third-order valence-electron chi connectivity index (χ3n) is 3.61. The molecular weight excluding hydrogens is 238 g/mol. The molecule has 1 aromatic rings. The summed E-state index contributed by atoms with van der Waals surface area (Å²) in [4.78, 5) is 22.6. The number of carbonyl (C=O) groups is 1. The second-order valence-corrected chi connectivity index (χ2v) is 5.42. The highest BCUT2D eigenvalue weighted by atomic mass is 35.5. The van der Waals surface area contributed by atoms with Crippen molar-refractivity contribution in [2.24, 2.45) is 0 Å². The van der Waals surface area contributed by atoms with E-state index in [0.717, 1.165) is 24.2 Å². The number of halogens is 1. The van der Waals surface area contributed by atoms with E-state index >= 15 is 0 Å². The van der Waals surface area contributed by atoms with Gasteiger partial charge in [0.25, 0.3) is 0 Å². The second kappa shape index (κ2) is 3.42. The Morgan fingerprint density at radius 1 is 1.47 bits per heavy atom. The molecule has 0 N–H and O–H groups in total. The molecule has 0 atom stereocenters. The lowest BCUT2D eigenvalue weighted by molar-refractivity contribution is -0.121. The lowest BCUT2D eigenvalue weighted by atomic mass is 9.94. The summed E-state index contributed by atoms with van der Waals surface area (Å²) in [6, 6.07) is 0.242. The van der Waals surface area contributed by atoms with E-state index in [-0.39, 0.29) is 16.9 Å². The molecule has 0 radical (unpaired) electrons. The normalized spacial score (nSPS) is 20.9. The van der Waals surface area contributed by atoms with Gasteiger partial charge in [-0.15, -0.1) is 0 Å². The molecule has 5 heteroatoms. The van der Waals surface area contributed by atoms with Gasteiger partial charge in [0.2, 0.25) is 5.28 Å². The summed E-state index contributed by atoms with van der Waals surface area (Å²) in [5.41, 5.74) is 0.601. The van der Waals surface area contributed by atoms with E-state index in [1.165, 1.54) is 0 Å². The van der Waals surface area contributed by atoms with Crippen molar-refractivity contribution < 1.29 is 4.79 Å². The molecule has 0 amide bonds. The lowest BCUT2D eigenvalue weighted by Gasteiger charge is -2.40. The van der Waals surface area contributed by atoms with Crippen LogP contribution in [-0.2, 0) is 11.2 Å². The fraction of sp³-hybridized carbons (Fsp3) is 0.583. The average molecular weight is 252 g/mol. The zero-order chi connectivity index (χ0) is 12.2. The van der Waals surface area contributed by atoms with Crippen molar-refractivity contribution in [2.75, 3.05) is 4.90 Å². The first-order chi connectivity index (χ1) is 8.04. The van der Waals surface area contributed by atoms with Gasteiger partial charge in [0.15, 0.2) is 5.78 Å². The van der Waals surface area contributed by atoms with Crippen molar-refractivity contribution in [3.05, 3.63) is 17.0 Å². The summed E-state index contributed by atoms with van der Waals surface area (Å²) < 4.78 is 0. The Bertz CT molecular complexity index is 497. The Balaban J connectivity index is 2.16. The van der Waals surface area contributed by atoms with Crippen molar-refractivity contribution in [1.29, 1.82) is 0 Å². The third kappa shape index (κ3) is 1.47. The summed E-state index contributed by atoms with van der Waals surface area (Å²) in [6.45, 7) is 4.16. The van der Waals surface area contributed by atoms with Crippen LogP contribution >= 0.6 is 11.6 Å². The minimum absolute atomic E-state index is 0.242. The minimum Gasteiger partial charge on any atom is -0.341 e. The first kappa shape index (κ1) is 11.0. The summed E-state index contributed by atoms with van der Waals surface area (Å²) in [6.07, 6.45) is 3.99. The predicted octanol–water partition coefficient (Wildman–Crippen LogP) is 2.00. The standard InChI is InChI=1S/C12H14ClN3O/c1-7(2)16-10-8(6-14-11(13)15-10)5-9(17)12(16)3-4-12/h6-7H,3-5H2,1-2H3. The maximum absolute atomic E-state index is 12.2. The summed E-state index contributed by atoms with van der Waals surface area (Å²) in [5, 5.41) is 0.250. The van der Waals surface area contributed by atoms with Crippen molar-refractivity contribution in [2.45, 2.75) is 44.7 Å². The van der Waals surface area contributed by atoms with Crippen LogP contribution in [0.15, 0.2) is 6.20 Å². The van der Waals surface area contributed by atoms with Gasteiger partial charge in [-0.3, -0.25) is 4.79 Å². The monoisotopic (exact) mass is 251 g/mol. The van der Waals surface area contributed by atoms with E-state index in [2.05, 4.69) is 28.7 Å². The third-order valence-corrected chi connectivity index (χ3v) is 3.79. The quantitative estimate of drug-likeness (QED) is 0.717. The van der Waals surface area contributed by atoms with Crippen LogP contribution in [0.3, 0.4) is 0 Å². The molecular formula is C12H14ClN3O. The molecule has 2 aliphatic rings. The van der Waals surface area contributed by atoms with Crippen molar-refractivity contribution in [3.8, 4) is 0 Å². The number of anilines is 1. The van der Waals surface area contributed by atoms with Crippen LogP contribution in [-0.4, -0.2) is 27.3 Å². The van der Waals surface area contributed by atoms with Crippen LogP contribution in [0.2, 0.25) is 5.28 Å². The van der Waals surface area contributed by atoms with E-state index in [1.54, 1.807) is 6.20 Å². The van der Waals surface area contributed by atoms with Gasteiger partial charge in [0.1, 0.15) is 11.4 Å². The first-order valence-electron chi connectivity index (χ1n) is 5.89. The molecule has 90 valence electrons. The summed E-state index contributed by atoms with van der Waals surface area (Å²) >= 11 is 5.86. The number of nitrogens with zero attached hydrogens (tertiary/aromatic N) is 3. The number of hydrogen-bond acceptors (Lipinski definition) is 4. The van der Waals surface area contributed by atoms with Gasteiger partial charge in [-0.25, -0.2) is 9.97 Å². The van der Waals surface area contributed by atoms with E-state index in [1.807, 2.05) is 0 Å². The molecule has 0 aromatic carbocycles. The van der Waals surface area contributed by atoms with Crippen LogP contribution < -0.4 is 4.90 Å². The van der Waals surface area contributed by atoms with E-state index in [0.29, 0.717) is 12.2 Å². The summed E-state index contributed by atoms with van der Waals surface area (Å²) in [7, 11) is 0. The van der Waals surface area contributed by atoms with Crippen LogP contribution in [0.25, 0.3) is 0 Å². The molecule has 1 spiro atoms. The smallest absolute Gasteiger partial charge is 0.224 e. The molecule has 3 rings (SSSR count). The van der Waals surface area contributed by atoms with E-state index in [4.69, 9.17) is 11.6 Å². The predicted molar refractivity (Wildman–Crippen MR) is 65.3 cm³/mol. The number of fused-ring (bicyclic) bond motifs is 1. The number of Topliss-reactive ketones (excluding diaryl/α,β-unsaturated/α-hetero) is 1. The van der Waals surface area contributed by atoms with Gasteiger partial charge >= 0.3 is 0 Å². The van der Waals surface area contributed by atoms with Crippen LogP contribution in [0.4, 0.5) is 5.82 Å². The highest BCUT2D eigenvalue weighted by molar-refractivity contribution is 6.28. The second-order valence-electron chi connectivity index (χ2n) is 5.08. The highest BCUT2D eigenvalue weighted by Crippen LogP contribution is 2.49. The maximum Gasteiger partial charge on any atom is 0.224 e. The summed E-state index contributed by atoms with van der Waals surface area (Å²) in [5.74, 6) is 1.14. The number of ketones is 1. The molecule has 1 aromatic heterocycles. The molecule has 0 unspecified atom stereocenters. The van der Waals surface area contributed by atoms with Gasteiger partial charge in [-0.1, -0.05) is 0 Å². The Morgan fingerprint density at radius 2 is 2.18 bits per heavy atom. The highest BCUT2D eigenvalue weighted by Gasteiger charge is 2.57.